The SMILES string of the molecule is C=C(NC[C@H]1C2=C(C[C@H]3[C@H]4c5c(cc(C)c(OC)c5O)CC([C@H](C#N)N13)N4C)C(=O)C(C)=C(OC)C2=O)[C@H](C)NC(=O)Nc1ccccc1. The van der Waals surface area contributed by atoms with E-state index in [-0.39, 0.29) is 47.7 Å². The first-order chi connectivity index (χ1) is 23.4. The number of Topliss-reactive ketones (excluding diaryl/α,β-unsaturated/α-hetero) is 2. The summed E-state index contributed by atoms with van der Waals surface area (Å²) in [5.74, 6) is -0.245. The summed E-state index contributed by atoms with van der Waals surface area (Å²) in [6.07, 6.45) is 0.686. The van der Waals surface area contributed by atoms with Crippen LogP contribution in [0, 0.1) is 18.3 Å². The number of hydrogen-bond acceptors (Lipinski definition) is 10. The van der Waals surface area contributed by atoms with Crippen molar-refractivity contribution in [2.45, 2.75) is 69.9 Å². The van der Waals surface area contributed by atoms with Gasteiger partial charge in [-0.1, -0.05) is 30.8 Å². The van der Waals surface area contributed by atoms with E-state index in [2.05, 4.69) is 33.5 Å². The number of aryl methyl sites for hydroxylation is 1. The lowest BCUT2D eigenvalue weighted by atomic mass is 9.69. The summed E-state index contributed by atoms with van der Waals surface area (Å²) in [7, 11) is 4.84. The Kier molecular flexibility index (Phi) is 9.00. The van der Waals surface area contributed by atoms with Crippen LogP contribution in [0.1, 0.15) is 43.0 Å². The van der Waals surface area contributed by atoms with Gasteiger partial charge in [0.25, 0.3) is 0 Å². The number of phenols is 1. The molecule has 6 atom stereocenters. The monoisotopic (exact) mass is 666 g/mol. The third kappa shape index (κ3) is 5.53. The van der Waals surface area contributed by atoms with Gasteiger partial charge in [-0.05, 0) is 63.9 Å². The van der Waals surface area contributed by atoms with Gasteiger partial charge in [0.05, 0.1) is 38.4 Å². The van der Waals surface area contributed by atoms with Crippen LogP contribution in [0.3, 0.4) is 0 Å². The van der Waals surface area contributed by atoms with E-state index in [4.69, 9.17) is 9.47 Å². The summed E-state index contributed by atoms with van der Waals surface area (Å²) in [6.45, 7) is 9.54. The van der Waals surface area contributed by atoms with Gasteiger partial charge in [-0.25, -0.2) is 4.79 Å². The minimum absolute atomic E-state index is 0.00956. The number of para-hydroxylation sites is 1. The molecular weight excluding hydrogens is 624 g/mol. The van der Waals surface area contributed by atoms with Crippen LogP contribution in [0.2, 0.25) is 0 Å². The van der Waals surface area contributed by atoms with Crippen LogP contribution in [0.15, 0.2) is 71.2 Å². The fourth-order valence-electron chi connectivity index (χ4n) is 8.16. The van der Waals surface area contributed by atoms with E-state index in [0.29, 0.717) is 40.3 Å². The molecule has 0 saturated carbocycles. The molecule has 1 fully saturated rings. The maximum Gasteiger partial charge on any atom is 0.319 e. The predicted molar refractivity (Wildman–Crippen MR) is 183 cm³/mol. The molecule has 2 bridgehead atoms. The minimum atomic E-state index is -0.732. The molecule has 3 aliphatic heterocycles. The largest absolute Gasteiger partial charge is 0.504 e. The van der Waals surface area contributed by atoms with Crippen molar-refractivity contribution in [3.63, 3.8) is 0 Å². The van der Waals surface area contributed by atoms with Crippen LogP contribution < -0.4 is 20.7 Å². The highest BCUT2D eigenvalue weighted by Crippen LogP contribution is 2.53. The Labute approximate surface area is 286 Å². The van der Waals surface area contributed by atoms with Crippen LogP contribution in [0.25, 0.3) is 0 Å². The van der Waals surface area contributed by atoms with Gasteiger partial charge in [0, 0.05) is 52.3 Å². The zero-order valence-electron chi connectivity index (χ0n) is 28.6. The molecule has 1 aliphatic carbocycles. The molecule has 6 rings (SSSR count). The number of nitrogens with one attached hydrogen (secondary N) is 3. The van der Waals surface area contributed by atoms with Crippen molar-refractivity contribution in [2.75, 3.05) is 33.1 Å². The smallest absolute Gasteiger partial charge is 0.319 e. The van der Waals surface area contributed by atoms with Gasteiger partial charge in [0.2, 0.25) is 5.78 Å². The molecule has 1 saturated heterocycles. The fourth-order valence-corrected chi connectivity index (χ4v) is 8.16. The van der Waals surface area contributed by atoms with E-state index < -0.39 is 36.2 Å². The van der Waals surface area contributed by atoms with Gasteiger partial charge in [-0.3, -0.25) is 19.4 Å². The van der Waals surface area contributed by atoms with E-state index in [9.17, 15) is 24.8 Å². The first-order valence-corrected chi connectivity index (χ1v) is 16.3. The van der Waals surface area contributed by atoms with Crippen molar-refractivity contribution < 1.29 is 29.0 Å². The van der Waals surface area contributed by atoms with Crippen LogP contribution in [0.4, 0.5) is 10.5 Å². The standard InChI is InChI=1S/C37H42N6O6/c1-18-13-22-14-25-27(16-38)43-26(31(42(25)5)29(22)33(45)35(18)48-6)15-24-30(34(46)36(49-7)19(2)32(24)44)28(43)17-39-20(3)21(4)40-37(47)41-23-11-9-8-10-12-23/h8-13,21,25-28,31,39,45H,3,14-15,17H2,1-2,4-7H3,(H2,40,41,47)/t21-,25?,26-,27-,28-,31-/m0/s1. The summed E-state index contributed by atoms with van der Waals surface area (Å²) in [5, 5.41) is 31.4. The van der Waals surface area contributed by atoms with Crippen molar-refractivity contribution in [2.24, 2.45) is 0 Å². The number of likely N-dealkylation sites (N-methyl/N-ethyl adjacent to an activating group) is 1. The van der Waals surface area contributed by atoms with Gasteiger partial charge in [-0.15, -0.1) is 0 Å². The number of carbonyl (C=O) groups is 3. The van der Waals surface area contributed by atoms with Crippen LogP contribution in [-0.2, 0) is 20.7 Å². The highest BCUT2D eigenvalue weighted by Gasteiger charge is 2.57. The second-order valence-corrected chi connectivity index (χ2v) is 13.1. The maximum atomic E-state index is 14.1. The van der Waals surface area contributed by atoms with E-state index in [0.717, 1.165) is 11.1 Å². The number of nitriles is 1. The number of urea groups is 1. The fraction of sp³-hybridized carbons (Fsp3) is 0.405. The number of allylic oxidation sites excluding steroid dienone is 2. The molecule has 0 spiro atoms. The number of amides is 2. The Balaban J connectivity index is 1.38. The highest BCUT2D eigenvalue weighted by atomic mass is 16.5. The lowest BCUT2D eigenvalue weighted by molar-refractivity contribution is -0.122. The molecule has 3 heterocycles. The highest BCUT2D eigenvalue weighted by molar-refractivity contribution is 6.25. The van der Waals surface area contributed by atoms with Crippen molar-refractivity contribution in [3.05, 3.63) is 87.8 Å². The molecule has 49 heavy (non-hydrogen) atoms. The van der Waals surface area contributed by atoms with E-state index in [1.807, 2.05) is 43.1 Å². The zero-order chi connectivity index (χ0) is 35.3. The number of anilines is 1. The van der Waals surface area contributed by atoms with Crippen molar-refractivity contribution in [1.29, 1.82) is 5.26 Å². The Morgan fingerprint density at radius 1 is 1.12 bits per heavy atom. The normalized spacial score (nSPS) is 25.4. The Morgan fingerprint density at radius 3 is 2.49 bits per heavy atom. The van der Waals surface area contributed by atoms with Crippen LogP contribution >= 0.6 is 0 Å². The first-order valence-electron chi connectivity index (χ1n) is 16.3. The molecule has 0 radical (unpaired) electrons. The maximum absolute atomic E-state index is 14.1. The molecule has 0 aromatic heterocycles. The number of ketones is 2. The number of benzene rings is 2. The number of fused-ring (bicyclic) bond motifs is 6. The lowest BCUT2D eigenvalue weighted by Crippen LogP contribution is -2.71. The van der Waals surface area contributed by atoms with Gasteiger partial charge >= 0.3 is 6.03 Å². The van der Waals surface area contributed by atoms with Gasteiger partial charge in [-0.2, -0.15) is 5.26 Å². The van der Waals surface area contributed by atoms with Crippen LogP contribution in [-0.4, -0.2) is 90.5 Å². The summed E-state index contributed by atoms with van der Waals surface area (Å²) >= 11 is 0. The molecule has 2 amide bonds. The van der Waals surface area contributed by atoms with Gasteiger partial charge < -0.3 is 30.5 Å². The van der Waals surface area contributed by atoms with Crippen molar-refractivity contribution in [3.8, 4) is 17.6 Å². The summed E-state index contributed by atoms with van der Waals surface area (Å²) in [4.78, 5) is 45.0. The quantitative estimate of drug-likeness (QED) is 0.307. The summed E-state index contributed by atoms with van der Waals surface area (Å²) in [6, 6.07) is 10.1. The van der Waals surface area contributed by atoms with Crippen LogP contribution in [0.5, 0.6) is 11.5 Å². The van der Waals surface area contributed by atoms with Crippen molar-refractivity contribution in [1.82, 2.24) is 20.4 Å². The Bertz CT molecular complexity index is 1850. The van der Waals surface area contributed by atoms with E-state index in [1.165, 1.54) is 14.2 Å². The number of rotatable bonds is 8. The predicted octanol–water partition coefficient (Wildman–Crippen LogP) is 3.64. The van der Waals surface area contributed by atoms with Gasteiger partial charge in [0.15, 0.2) is 23.0 Å². The molecule has 12 heteroatoms. The number of piperazine rings is 1. The molecule has 1 unspecified atom stereocenters. The van der Waals surface area contributed by atoms with Gasteiger partial charge in [0.1, 0.15) is 6.04 Å². The minimum Gasteiger partial charge on any atom is -0.504 e. The molecule has 4 N–H and O–H groups in total. The number of phenolic OH excluding ortho intramolecular Hbond substituents is 1. The second-order valence-electron chi connectivity index (χ2n) is 13.1. The number of methoxy groups -OCH3 is 2. The number of nitrogens with zero attached hydrogens (tertiary/aromatic N) is 3. The Hall–Kier alpha value is -5.12. The molecular formula is C37H42N6O6. The lowest BCUT2D eigenvalue weighted by Gasteiger charge is -2.60. The third-order valence-electron chi connectivity index (χ3n) is 10.5. The molecule has 12 nitrogen and oxygen atoms in total. The Morgan fingerprint density at radius 2 is 1.84 bits per heavy atom. The number of aromatic hydroxyl groups is 1. The van der Waals surface area contributed by atoms with E-state index >= 15 is 0 Å². The third-order valence-corrected chi connectivity index (χ3v) is 10.5. The topological polar surface area (TPSA) is 156 Å². The number of carbonyl (C=O) groups excluding carboxylic acids is 3. The molecule has 2 aromatic carbocycles. The summed E-state index contributed by atoms with van der Waals surface area (Å²) < 4.78 is 11.1. The average molecular weight is 667 g/mol. The molecule has 256 valence electrons. The summed E-state index contributed by atoms with van der Waals surface area (Å²) in [5.41, 5.74) is 4.46. The molecule has 2 aromatic rings. The number of ether oxygens (including phenoxy) is 2. The number of hydrogen-bond donors (Lipinski definition) is 4. The first kappa shape index (κ1) is 33.8. The van der Waals surface area contributed by atoms with Crippen molar-refractivity contribution >= 4 is 23.3 Å². The average Bonchev–Trinajstić information content (AvgIpc) is 3.07. The zero-order valence-corrected chi connectivity index (χ0v) is 28.6. The van der Waals surface area contributed by atoms with E-state index in [1.54, 1.807) is 26.0 Å². The molecule has 4 aliphatic rings. The second kappa shape index (κ2) is 13.1.